The summed E-state index contributed by atoms with van der Waals surface area (Å²) in [6, 6.07) is 13.9. The molecule has 4 aliphatic rings. The van der Waals surface area contributed by atoms with Gasteiger partial charge in [-0.05, 0) is 85.6 Å². The Balaban J connectivity index is 1.28. The molecule has 260 valence electrons. The highest BCUT2D eigenvalue weighted by Gasteiger charge is 2.61. The van der Waals surface area contributed by atoms with E-state index >= 15 is 0 Å². The maximum Gasteiger partial charge on any atom is 0.408 e. The Morgan fingerprint density at radius 3 is 2.22 bits per heavy atom. The van der Waals surface area contributed by atoms with Gasteiger partial charge in [-0.1, -0.05) is 69.3 Å². The van der Waals surface area contributed by atoms with Crippen molar-refractivity contribution in [1.82, 2.24) is 20.3 Å². The summed E-state index contributed by atoms with van der Waals surface area (Å²) >= 11 is 1.35. The summed E-state index contributed by atoms with van der Waals surface area (Å²) in [5.74, 6) is -2.00. The van der Waals surface area contributed by atoms with Crippen LogP contribution in [0.4, 0.5) is 15.3 Å². The number of hydrogen-bond donors (Lipinski definition) is 3. The molecule has 4 atom stereocenters. The van der Waals surface area contributed by atoms with Gasteiger partial charge >= 0.3 is 12.1 Å². The quantitative estimate of drug-likeness (QED) is 0.208. The number of urea groups is 1. The van der Waals surface area contributed by atoms with Crippen LogP contribution in [0.2, 0.25) is 0 Å². The van der Waals surface area contributed by atoms with Gasteiger partial charge in [-0.25, -0.2) is 14.5 Å². The summed E-state index contributed by atoms with van der Waals surface area (Å²) in [4.78, 5) is 71.6. The highest BCUT2D eigenvalue weighted by molar-refractivity contribution is 7.98. The number of alkyl carbamates (subject to hydrolysis) is 1. The van der Waals surface area contributed by atoms with Gasteiger partial charge in [0, 0.05) is 16.9 Å². The number of hydrogen-bond acceptors (Lipinski definition) is 7. The van der Waals surface area contributed by atoms with Gasteiger partial charge in [0.1, 0.15) is 23.7 Å². The number of benzene rings is 2. The molecular weight excluding hydrogens is 643 g/mol. The fraction of sp³-hybridized carbons (Fsp3) is 0.486. The molecule has 1 heterocycles. The van der Waals surface area contributed by atoms with E-state index in [1.54, 1.807) is 39.0 Å². The molecule has 3 N–H and O–H groups in total. The lowest BCUT2D eigenvalue weighted by Crippen LogP contribution is -2.61. The molecule has 0 aromatic heterocycles. The van der Waals surface area contributed by atoms with Crippen LogP contribution in [0.1, 0.15) is 65.7 Å². The minimum Gasteiger partial charge on any atom is -0.446 e. The largest absolute Gasteiger partial charge is 0.446 e. The van der Waals surface area contributed by atoms with E-state index < -0.39 is 47.0 Å². The predicted molar refractivity (Wildman–Crippen MR) is 188 cm³/mol. The van der Waals surface area contributed by atoms with Crippen molar-refractivity contribution in [3.05, 3.63) is 67.3 Å². The monoisotopic (exact) mass is 687 g/mol. The number of nitrogens with one attached hydrogen (secondary N) is 3. The van der Waals surface area contributed by atoms with Crippen LogP contribution in [0.15, 0.2) is 67.3 Å². The van der Waals surface area contributed by atoms with Crippen molar-refractivity contribution in [3.8, 4) is 11.1 Å². The number of amides is 6. The van der Waals surface area contributed by atoms with Crippen molar-refractivity contribution in [2.24, 2.45) is 11.3 Å². The number of anilines is 1. The molecule has 11 nitrogen and oxygen atoms in total. The average Bonchev–Trinajstić information content (AvgIpc) is 3.96. The van der Waals surface area contributed by atoms with Crippen molar-refractivity contribution in [2.75, 3.05) is 11.4 Å². The lowest BCUT2D eigenvalue weighted by atomic mass is 9.85. The van der Waals surface area contributed by atoms with Crippen LogP contribution in [0.3, 0.4) is 0 Å². The lowest BCUT2D eigenvalue weighted by molar-refractivity contribution is -0.140. The van der Waals surface area contributed by atoms with Crippen LogP contribution < -0.4 is 20.3 Å². The van der Waals surface area contributed by atoms with Crippen molar-refractivity contribution < 1.29 is 28.7 Å². The Morgan fingerprint density at radius 2 is 1.63 bits per heavy atom. The van der Waals surface area contributed by atoms with E-state index in [9.17, 15) is 24.0 Å². The molecule has 3 saturated carbocycles. The van der Waals surface area contributed by atoms with Gasteiger partial charge in [0.2, 0.25) is 5.91 Å². The molecule has 1 aliphatic heterocycles. The molecule has 0 unspecified atom stereocenters. The van der Waals surface area contributed by atoms with Crippen LogP contribution in [0.25, 0.3) is 11.1 Å². The van der Waals surface area contributed by atoms with Crippen LogP contribution in [-0.2, 0) is 19.1 Å². The lowest BCUT2D eigenvalue weighted by Gasteiger charge is -2.34. The summed E-state index contributed by atoms with van der Waals surface area (Å²) < 4.78 is 8.50. The Bertz CT molecular complexity index is 1600. The van der Waals surface area contributed by atoms with Crippen molar-refractivity contribution >= 4 is 47.5 Å². The number of ether oxygens (including phenoxy) is 1. The first kappa shape index (κ1) is 34.5. The maximum absolute atomic E-state index is 14.5. The number of imide groups is 1. The fourth-order valence-electron chi connectivity index (χ4n) is 6.57. The summed E-state index contributed by atoms with van der Waals surface area (Å²) in [6.07, 6.45) is 6.52. The van der Waals surface area contributed by atoms with Crippen LogP contribution >= 0.6 is 11.9 Å². The number of carbonyl (C=O) groups is 5. The molecule has 2 aromatic rings. The second kappa shape index (κ2) is 13.9. The zero-order valence-corrected chi connectivity index (χ0v) is 29.1. The molecule has 6 rings (SSSR count). The average molecular weight is 688 g/mol. The molecule has 12 heteroatoms. The van der Waals surface area contributed by atoms with Gasteiger partial charge in [-0.3, -0.25) is 24.0 Å². The first-order valence-electron chi connectivity index (χ1n) is 17.1. The van der Waals surface area contributed by atoms with Crippen molar-refractivity contribution in [1.29, 1.82) is 0 Å². The standard InChI is InChI=1S/C37H45N5O6S/c1-5-25-21-37(25,33(45)40-49-28-19-20-28)39-31(43)29-22-41(26-17-15-24(16-18-26)23-11-7-6-8-12-23)35(47)42(29)32(44)30(36(2,3)4)38-34(46)48-27-13-9-10-14-27/h5-8,11-12,15-18,25,27-30H,1,9-10,13-14,19-22H2,2-4H3,(H,38,46)(H,39,43)(H,40,45)/t25-,29+,30-,37-/m1/s1. The molecule has 0 bridgehead atoms. The first-order chi connectivity index (χ1) is 23.4. The molecule has 49 heavy (non-hydrogen) atoms. The summed E-state index contributed by atoms with van der Waals surface area (Å²) in [5, 5.41) is 5.99. The zero-order chi connectivity index (χ0) is 34.9. The number of rotatable bonds is 11. The van der Waals surface area contributed by atoms with Crippen LogP contribution in [0.5, 0.6) is 0 Å². The third-order valence-electron chi connectivity index (χ3n) is 9.77. The molecule has 1 saturated heterocycles. The van der Waals surface area contributed by atoms with Gasteiger partial charge in [0.25, 0.3) is 11.8 Å². The van der Waals surface area contributed by atoms with E-state index in [0.29, 0.717) is 17.4 Å². The molecule has 6 amide bonds. The van der Waals surface area contributed by atoms with Crippen LogP contribution in [0, 0.1) is 11.3 Å². The van der Waals surface area contributed by atoms with Gasteiger partial charge in [0.05, 0.1) is 6.54 Å². The molecule has 4 fully saturated rings. The van der Waals surface area contributed by atoms with E-state index in [4.69, 9.17) is 4.74 Å². The third-order valence-corrected chi connectivity index (χ3v) is 10.9. The smallest absolute Gasteiger partial charge is 0.408 e. The molecule has 0 radical (unpaired) electrons. The van der Waals surface area contributed by atoms with Gasteiger partial charge < -0.3 is 15.4 Å². The topological polar surface area (TPSA) is 137 Å². The zero-order valence-electron chi connectivity index (χ0n) is 28.3. The van der Waals surface area contributed by atoms with E-state index in [-0.39, 0.29) is 24.5 Å². The molecule has 2 aromatic carbocycles. The summed E-state index contributed by atoms with van der Waals surface area (Å²) in [7, 11) is 0. The number of carbonyl (C=O) groups excluding carboxylic acids is 5. The van der Waals surface area contributed by atoms with Gasteiger partial charge in [0.15, 0.2) is 0 Å². The van der Waals surface area contributed by atoms with E-state index in [1.165, 1.54) is 16.8 Å². The van der Waals surface area contributed by atoms with Gasteiger partial charge in [-0.15, -0.1) is 6.58 Å². The predicted octanol–water partition coefficient (Wildman–Crippen LogP) is 5.56. The third kappa shape index (κ3) is 7.49. The second-order valence-corrected chi connectivity index (χ2v) is 15.6. The minimum absolute atomic E-state index is 0.141. The highest BCUT2D eigenvalue weighted by atomic mass is 32.2. The van der Waals surface area contributed by atoms with E-state index in [2.05, 4.69) is 21.9 Å². The summed E-state index contributed by atoms with van der Waals surface area (Å²) in [6.45, 7) is 9.03. The molecule has 3 aliphatic carbocycles. The maximum atomic E-state index is 14.5. The molecular formula is C37H45N5O6S. The highest BCUT2D eigenvalue weighted by Crippen LogP contribution is 2.46. The van der Waals surface area contributed by atoms with E-state index in [0.717, 1.165) is 54.6 Å². The summed E-state index contributed by atoms with van der Waals surface area (Å²) in [5.41, 5.74) is 0.378. The Hall–Kier alpha value is -4.32. The Morgan fingerprint density at radius 1 is 0.980 bits per heavy atom. The van der Waals surface area contributed by atoms with Gasteiger partial charge in [-0.2, -0.15) is 0 Å². The van der Waals surface area contributed by atoms with Crippen molar-refractivity contribution in [2.45, 2.75) is 94.7 Å². The minimum atomic E-state index is -1.28. The molecule has 0 spiro atoms. The Kier molecular flexibility index (Phi) is 9.79. The second-order valence-electron chi connectivity index (χ2n) is 14.5. The normalized spacial score (nSPS) is 24.3. The first-order valence-corrected chi connectivity index (χ1v) is 18.0. The number of nitrogens with zero attached hydrogens (tertiary/aromatic N) is 2. The van der Waals surface area contributed by atoms with Crippen molar-refractivity contribution in [3.63, 3.8) is 0 Å². The van der Waals surface area contributed by atoms with Crippen LogP contribution in [-0.4, -0.2) is 70.3 Å². The SMILES string of the molecule is C=C[C@@H]1C[C@]1(NC(=O)[C@@H]1CN(c2ccc(-c3ccccc3)cc2)C(=O)N1C(=O)[C@@H](NC(=O)OC1CCCC1)C(C)(C)C)C(=O)NSC1CC1. The Labute approximate surface area is 291 Å². The van der Waals surface area contributed by atoms with E-state index in [1.807, 2.05) is 42.5 Å². The fourth-order valence-corrected chi connectivity index (χ4v) is 7.40.